The van der Waals surface area contributed by atoms with Gasteiger partial charge in [-0.05, 0) is 13.8 Å². The summed E-state index contributed by atoms with van der Waals surface area (Å²) < 4.78 is 57.0. The fraction of sp³-hybridized carbons (Fsp3) is 1.00. The first kappa shape index (κ1) is 16.8. The third-order valence-electron chi connectivity index (χ3n) is 2.50. The molecule has 0 aliphatic carbocycles. The lowest BCUT2D eigenvalue weighted by molar-refractivity contribution is -0.0443. The van der Waals surface area contributed by atoms with Crippen molar-refractivity contribution in [3.05, 3.63) is 0 Å². The minimum absolute atomic E-state index is 0.00945. The summed E-state index contributed by atoms with van der Waals surface area (Å²) in [6.07, 6.45) is 0.705. The van der Waals surface area contributed by atoms with Gasteiger partial charge in [0.05, 0.1) is 18.5 Å². The first-order valence-corrected chi connectivity index (χ1v) is 9.28. The fourth-order valence-electron chi connectivity index (χ4n) is 1.83. The molecule has 0 aromatic heterocycles. The highest BCUT2D eigenvalue weighted by Gasteiger charge is 2.30. The van der Waals surface area contributed by atoms with E-state index in [1.807, 2.05) is 13.8 Å². The molecule has 0 aromatic carbocycles. The molecule has 1 saturated heterocycles. The van der Waals surface area contributed by atoms with Crippen molar-refractivity contribution in [1.29, 1.82) is 0 Å². The van der Waals surface area contributed by atoms with Crippen molar-refractivity contribution in [2.24, 2.45) is 0 Å². The van der Waals surface area contributed by atoms with E-state index in [0.717, 1.165) is 6.26 Å². The number of rotatable bonds is 6. The van der Waals surface area contributed by atoms with Crippen LogP contribution in [0.15, 0.2) is 0 Å². The van der Waals surface area contributed by atoms with Gasteiger partial charge < -0.3 is 4.74 Å². The molecule has 0 bridgehead atoms. The quantitative estimate of drug-likeness (QED) is 0.579. The monoisotopic (exact) mass is 315 g/mol. The molecule has 2 atom stereocenters. The lowest BCUT2D eigenvalue weighted by Crippen LogP contribution is -2.52. The number of hydrogen-bond acceptors (Lipinski definition) is 5. The molecule has 1 fully saturated rings. The first-order chi connectivity index (χ1) is 8.60. The number of hydrogen-bond donors (Lipinski definition) is 2. The van der Waals surface area contributed by atoms with E-state index in [1.165, 1.54) is 4.31 Å². The molecular formula is C9H21N3O5S2. The maximum absolute atomic E-state index is 12.0. The van der Waals surface area contributed by atoms with Crippen LogP contribution in [0.4, 0.5) is 0 Å². The van der Waals surface area contributed by atoms with Crippen molar-refractivity contribution in [3.63, 3.8) is 0 Å². The van der Waals surface area contributed by atoms with Gasteiger partial charge in [0.15, 0.2) is 0 Å². The Morgan fingerprint density at radius 3 is 2.00 bits per heavy atom. The zero-order valence-corrected chi connectivity index (χ0v) is 12.9. The Balaban J connectivity index is 2.47. The second-order valence-corrected chi connectivity index (χ2v) is 8.23. The number of ether oxygens (including phenoxy) is 1. The molecule has 1 aliphatic rings. The zero-order valence-electron chi connectivity index (χ0n) is 11.3. The minimum Gasteiger partial charge on any atom is -0.373 e. The van der Waals surface area contributed by atoms with Gasteiger partial charge in [-0.3, -0.25) is 0 Å². The van der Waals surface area contributed by atoms with E-state index in [0.29, 0.717) is 13.1 Å². The Morgan fingerprint density at radius 2 is 1.53 bits per heavy atom. The van der Waals surface area contributed by atoms with E-state index in [1.54, 1.807) is 0 Å². The van der Waals surface area contributed by atoms with Gasteiger partial charge in [-0.1, -0.05) is 0 Å². The third kappa shape index (κ3) is 6.15. The van der Waals surface area contributed by atoms with Gasteiger partial charge in [0.2, 0.25) is 10.0 Å². The smallest absolute Gasteiger partial charge is 0.279 e. The summed E-state index contributed by atoms with van der Waals surface area (Å²) in [5.74, 6) is 0. The highest BCUT2D eigenvalue weighted by molar-refractivity contribution is 7.88. The Bertz CT molecular complexity index is 480. The van der Waals surface area contributed by atoms with Crippen molar-refractivity contribution >= 4 is 20.2 Å². The summed E-state index contributed by atoms with van der Waals surface area (Å²) in [6, 6.07) is 0. The van der Waals surface area contributed by atoms with Gasteiger partial charge in [-0.25, -0.2) is 17.9 Å². The van der Waals surface area contributed by atoms with E-state index in [9.17, 15) is 16.8 Å². The van der Waals surface area contributed by atoms with E-state index in [4.69, 9.17) is 4.74 Å². The van der Waals surface area contributed by atoms with Crippen molar-refractivity contribution in [2.75, 3.05) is 32.4 Å². The third-order valence-corrected chi connectivity index (χ3v) is 4.78. The van der Waals surface area contributed by atoms with Gasteiger partial charge in [0, 0.05) is 26.2 Å². The molecule has 19 heavy (non-hydrogen) atoms. The van der Waals surface area contributed by atoms with Crippen LogP contribution in [0.5, 0.6) is 0 Å². The van der Waals surface area contributed by atoms with E-state index < -0.39 is 20.2 Å². The Morgan fingerprint density at radius 1 is 1.05 bits per heavy atom. The molecule has 0 aromatic rings. The van der Waals surface area contributed by atoms with Crippen LogP contribution in [0.1, 0.15) is 13.8 Å². The second kappa shape index (κ2) is 6.46. The maximum Gasteiger partial charge on any atom is 0.279 e. The lowest BCUT2D eigenvalue weighted by atomic mass is 10.3. The average Bonchev–Trinajstić information content (AvgIpc) is 2.22. The zero-order chi connectivity index (χ0) is 14.7. The lowest BCUT2D eigenvalue weighted by Gasteiger charge is -2.34. The van der Waals surface area contributed by atoms with Crippen LogP contribution in [0, 0.1) is 0 Å². The molecule has 0 spiro atoms. The van der Waals surface area contributed by atoms with Crippen LogP contribution < -0.4 is 9.44 Å². The normalized spacial score (nSPS) is 26.5. The van der Waals surface area contributed by atoms with Crippen LogP contribution in [-0.4, -0.2) is 65.8 Å². The van der Waals surface area contributed by atoms with Gasteiger partial charge in [0.1, 0.15) is 0 Å². The molecule has 0 radical (unpaired) electrons. The summed E-state index contributed by atoms with van der Waals surface area (Å²) in [6.45, 7) is 4.23. The maximum atomic E-state index is 12.0. The number of sulfonamides is 1. The summed E-state index contributed by atoms with van der Waals surface area (Å²) >= 11 is 0. The van der Waals surface area contributed by atoms with E-state index in [-0.39, 0.29) is 25.3 Å². The summed E-state index contributed by atoms with van der Waals surface area (Å²) in [5.41, 5.74) is 0. The van der Waals surface area contributed by atoms with Crippen LogP contribution in [0.3, 0.4) is 0 Å². The Hall–Kier alpha value is -0.260. The summed E-state index contributed by atoms with van der Waals surface area (Å²) in [5, 5.41) is 0. The highest BCUT2D eigenvalue weighted by Crippen LogP contribution is 2.13. The van der Waals surface area contributed by atoms with Crippen molar-refractivity contribution in [1.82, 2.24) is 13.7 Å². The molecule has 0 saturated carbocycles. The number of nitrogens with zero attached hydrogens (tertiary/aromatic N) is 1. The molecule has 0 amide bonds. The number of nitrogens with one attached hydrogen (secondary N) is 2. The topological polar surface area (TPSA) is 105 Å². The molecule has 0 unspecified atom stereocenters. The van der Waals surface area contributed by atoms with Crippen molar-refractivity contribution < 1.29 is 21.6 Å². The molecule has 1 aliphatic heterocycles. The molecule has 2 N–H and O–H groups in total. The predicted octanol–water partition coefficient (Wildman–Crippen LogP) is -1.52. The van der Waals surface area contributed by atoms with Crippen molar-refractivity contribution in [2.45, 2.75) is 26.1 Å². The van der Waals surface area contributed by atoms with Gasteiger partial charge in [0.25, 0.3) is 10.2 Å². The van der Waals surface area contributed by atoms with E-state index in [2.05, 4.69) is 9.44 Å². The summed E-state index contributed by atoms with van der Waals surface area (Å²) in [4.78, 5) is 0. The fourth-order valence-corrected chi connectivity index (χ4v) is 3.66. The SMILES string of the molecule is C[C@@H]1CN(S(=O)(=O)NCCNS(C)(=O)=O)C[C@H](C)O1. The average molecular weight is 315 g/mol. The van der Waals surface area contributed by atoms with Crippen LogP contribution in [0.2, 0.25) is 0 Å². The predicted molar refractivity (Wildman–Crippen MR) is 71.4 cm³/mol. The Kier molecular flexibility index (Phi) is 5.71. The van der Waals surface area contributed by atoms with Gasteiger partial charge >= 0.3 is 0 Å². The van der Waals surface area contributed by atoms with Crippen LogP contribution in [0.25, 0.3) is 0 Å². The summed E-state index contributed by atoms with van der Waals surface area (Å²) in [7, 11) is -6.90. The largest absolute Gasteiger partial charge is 0.373 e. The molecule has 8 nitrogen and oxygen atoms in total. The molecule has 114 valence electrons. The van der Waals surface area contributed by atoms with Crippen LogP contribution in [-0.2, 0) is 25.0 Å². The molecule has 1 rings (SSSR count). The Labute approximate surface area is 114 Å². The van der Waals surface area contributed by atoms with Crippen molar-refractivity contribution in [3.8, 4) is 0 Å². The molecule has 10 heteroatoms. The standard InChI is InChI=1S/C9H21N3O5S2/c1-8-6-12(7-9(2)17-8)19(15,16)11-5-4-10-18(3,13)14/h8-11H,4-7H2,1-3H3/t8-,9+. The first-order valence-electron chi connectivity index (χ1n) is 5.95. The minimum atomic E-state index is -3.60. The molecule has 1 heterocycles. The van der Waals surface area contributed by atoms with Gasteiger partial charge in [-0.15, -0.1) is 0 Å². The second-order valence-electron chi connectivity index (χ2n) is 4.64. The van der Waals surface area contributed by atoms with Gasteiger partial charge in [-0.2, -0.15) is 12.7 Å². The van der Waals surface area contributed by atoms with Crippen LogP contribution >= 0.6 is 0 Å². The number of morpholine rings is 1. The highest BCUT2D eigenvalue weighted by atomic mass is 32.2. The van der Waals surface area contributed by atoms with E-state index >= 15 is 0 Å². The molecular weight excluding hydrogens is 294 g/mol.